The van der Waals surface area contributed by atoms with Crippen molar-refractivity contribution < 1.29 is 18.7 Å². The summed E-state index contributed by atoms with van der Waals surface area (Å²) < 4.78 is 27.0. The monoisotopic (exact) mass is 297 g/mol. The summed E-state index contributed by atoms with van der Waals surface area (Å²) in [6.07, 6.45) is 2.64. The van der Waals surface area contributed by atoms with Crippen LogP contribution in [0.3, 0.4) is 0 Å². The van der Waals surface area contributed by atoms with E-state index in [-0.39, 0.29) is 0 Å². The van der Waals surface area contributed by atoms with E-state index < -0.39 is 29.2 Å². The molecule has 21 heavy (non-hydrogen) atoms. The van der Waals surface area contributed by atoms with Crippen molar-refractivity contribution in [2.75, 3.05) is 6.54 Å². The zero-order valence-corrected chi connectivity index (χ0v) is 12.4. The largest absolute Gasteiger partial charge is 0.480 e. The lowest BCUT2D eigenvalue weighted by Crippen LogP contribution is -2.51. The maximum Gasteiger partial charge on any atom is 0.324 e. The van der Waals surface area contributed by atoms with Gasteiger partial charge in [0.05, 0.1) is 0 Å². The van der Waals surface area contributed by atoms with Gasteiger partial charge in [-0.25, -0.2) is 8.78 Å². The Morgan fingerprint density at radius 1 is 1.48 bits per heavy atom. The van der Waals surface area contributed by atoms with Gasteiger partial charge in [-0.1, -0.05) is 19.4 Å². The average Bonchev–Trinajstić information content (AvgIpc) is 2.83. The van der Waals surface area contributed by atoms with Gasteiger partial charge in [0.2, 0.25) is 0 Å². The van der Waals surface area contributed by atoms with Crippen molar-refractivity contribution in [1.29, 1.82) is 0 Å². The van der Waals surface area contributed by atoms with Gasteiger partial charge < -0.3 is 5.11 Å². The van der Waals surface area contributed by atoms with Crippen LogP contribution in [0, 0.1) is 11.6 Å². The molecule has 1 heterocycles. The molecule has 0 saturated carbocycles. The number of hydrogen-bond acceptors (Lipinski definition) is 2. The van der Waals surface area contributed by atoms with E-state index in [9.17, 15) is 18.7 Å². The number of likely N-dealkylation sites (tertiary alicyclic amines) is 1. The van der Waals surface area contributed by atoms with E-state index in [1.807, 2.05) is 11.8 Å². The van der Waals surface area contributed by atoms with Crippen LogP contribution in [0.15, 0.2) is 18.2 Å². The molecular weight excluding hydrogens is 276 g/mol. The summed E-state index contributed by atoms with van der Waals surface area (Å²) >= 11 is 0. The van der Waals surface area contributed by atoms with Crippen LogP contribution in [0.4, 0.5) is 8.78 Å². The van der Waals surface area contributed by atoms with Crippen molar-refractivity contribution in [3.05, 3.63) is 35.4 Å². The molecule has 1 aliphatic rings. The van der Waals surface area contributed by atoms with E-state index in [1.54, 1.807) is 6.92 Å². The van der Waals surface area contributed by atoms with Gasteiger partial charge in [-0.05, 0) is 38.8 Å². The standard InChI is InChI=1S/C16H21F2NO2/c1-3-7-16(15(20)21)8-4-9-19(16)11(2)13-6-5-12(17)10-14(13)18/h5-6,10-11H,3-4,7-9H2,1-2H3,(H,20,21). The number of carbonyl (C=O) groups is 1. The minimum absolute atomic E-state index is 0.347. The zero-order chi connectivity index (χ0) is 15.6. The Morgan fingerprint density at radius 3 is 2.76 bits per heavy atom. The average molecular weight is 297 g/mol. The summed E-state index contributed by atoms with van der Waals surface area (Å²) in [4.78, 5) is 13.7. The van der Waals surface area contributed by atoms with Crippen LogP contribution in [-0.2, 0) is 4.79 Å². The van der Waals surface area contributed by atoms with Gasteiger partial charge in [0, 0.05) is 17.7 Å². The van der Waals surface area contributed by atoms with E-state index >= 15 is 0 Å². The van der Waals surface area contributed by atoms with Crippen molar-refractivity contribution in [2.45, 2.75) is 51.1 Å². The molecule has 1 saturated heterocycles. The first-order valence-electron chi connectivity index (χ1n) is 7.37. The Labute approximate surface area is 123 Å². The molecule has 0 amide bonds. The molecule has 5 heteroatoms. The maximum absolute atomic E-state index is 14.0. The second-order valence-corrected chi connectivity index (χ2v) is 5.73. The van der Waals surface area contributed by atoms with Gasteiger partial charge in [-0.2, -0.15) is 0 Å². The van der Waals surface area contributed by atoms with Crippen LogP contribution in [0.1, 0.15) is 51.1 Å². The number of carboxylic acid groups (broad SMARTS) is 1. The quantitative estimate of drug-likeness (QED) is 0.900. The molecule has 0 spiro atoms. The molecule has 0 aliphatic carbocycles. The molecule has 3 nitrogen and oxygen atoms in total. The zero-order valence-electron chi connectivity index (χ0n) is 12.4. The Bertz CT molecular complexity index is 535. The molecule has 1 fully saturated rings. The van der Waals surface area contributed by atoms with Crippen LogP contribution in [0.25, 0.3) is 0 Å². The summed E-state index contributed by atoms with van der Waals surface area (Å²) in [5.74, 6) is -2.09. The van der Waals surface area contributed by atoms with Crippen molar-refractivity contribution in [3.8, 4) is 0 Å². The smallest absolute Gasteiger partial charge is 0.324 e. The van der Waals surface area contributed by atoms with Gasteiger partial charge in [-0.3, -0.25) is 9.69 Å². The molecule has 2 unspecified atom stereocenters. The van der Waals surface area contributed by atoms with E-state index in [0.29, 0.717) is 24.9 Å². The van der Waals surface area contributed by atoms with Crippen LogP contribution >= 0.6 is 0 Å². The lowest BCUT2D eigenvalue weighted by molar-refractivity contribution is -0.151. The number of rotatable bonds is 5. The van der Waals surface area contributed by atoms with E-state index in [0.717, 1.165) is 18.9 Å². The van der Waals surface area contributed by atoms with Crippen LogP contribution in [0.5, 0.6) is 0 Å². The third-order valence-corrected chi connectivity index (χ3v) is 4.48. The highest BCUT2D eigenvalue weighted by Crippen LogP contribution is 2.40. The SMILES string of the molecule is CCCC1(C(=O)O)CCCN1C(C)c1ccc(F)cc1F. The van der Waals surface area contributed by atoms with E-state index in [2.05, 4.69) is 0 Å². The summed E-state index contributed by atoms with van der Waals surface area (Å²) in [5, 5.41) is 9.68. The molecule has 1 N–H and O–H groups in total. The number of aliphatic carboxylic acids is 1. The number of hydrogen-bond donors (Lipinski definition) is 1. The Morgan fingerprint density at radius 2 is 2.19 bits per heavy atom. The highest BCUT2D eigenvalue weighted by molar-refractivity contribution is 5.79. The van der Waals surface area contributed by atoms with Crippen molar-refractivity contribution in [1.82, 2.24) is 4.90 Å². The van der Waals surface area contributed by atoms with E-state index in [1.165, 1.54) is 12.1 Å². The summed E-state index contributed by atoms with van der Waals surface area (Å²) in [5.41, 5.74) is -0.588. The second-order valence-electron chi connectivity index (χ2n) is 5.73. The first kappa shape index (κ1) is 15.9. The second kappa shape index (κ2) is 6.10. The fourth-order valence-corrected chi connectivity index (χ4v) is 3.49. The lowest BCUT2D eigenvalue weighted by Gasteiger charge is -2.39. The molecular formula is C16H21F2NO2. The fraction of sp³-hybridized carbons (Fsp3) is 0.562. The molecule has 1 aromatic carbocycles. The number of halogens is 2. The van der Waals surface area contributed by atoms with Gasteiger partial charge in [-0.15, -0.1) is 0 Å². The highest BCUT2D eigenvalue weighted by Gasteiger charge is 2.49. The lowest BCUT2D eigenvalue weighted by atomic mass is 9.89. The van der Waals surface area contributed by atoms with Crippen LogP contribution in [-0.4, -0.2) is 28.1 Å². The maximum atomic E-state index is 14.0. The number of nitrogens with zero attached hydrogens (tertiary/aromatic N) is 1. The van der Waals surface area contributed by atoms with Gasteiger partial charge in [0.15, 0.2) is 0 Å². The summed E-state index contributed by atoms with van der Waals surface area (Å²) in [6, 6.07) is 3.08. The normalized spacial score (nSPS) is 24.2. The number of benzene rings is 1. The summed E-state index contributed by atoms with van der Waals surface area (Å²) in [7, 11) is 0. The summed E-state index contributed by atoms with van der Waals surface area (Å²) in [6.45, 7) is 4.35. The van der Waals surface area contributed by atoms with Gasteiger partial charge in [0.25, 0.3) is 0 Å². The van der Waals surface area contributed by atoms with Crippen molar-refractivity contribution >= 4 is 5.97 Å². The third-order valence-electron chi connectivity index (χ3n) is 4.48. The van der Waals surface area contributed by atoms with Crippen molar-refractivity contribution in [2.24, 2.45) is 0 Å². The first-order valence-corrected chi connectivity index (χ1v) is 7.37. The molecule has 1 aliphatic heterocycles. The third kappa shape index (κ3) is 2.79. The Balaban J connectivity index is 2.36. The Hall–Kier alpha value is -1.49. The van der Waals surface area contributed by atoms with Crippen molar-refractivity contribution in [3.63, 3.8) is 0 Å². The minimum atomic E-state index is -0.936. The van der Waals surface area contributed by atoms with Gasteiger partial charge in [0.1, 0.15) is 17.2 Å². The van der Waals surface area contributed by atoms with Crippen LogP contribution < -0.4 is 0 Å². The first-order chi connectivity index (χ1) is 9.92. The number of carboxylic acids is 1. The fourth-order valence-electron chi connectivity index (χ4n) is 3.49. The van der Waals surface area contributed by atoms with E-state index in [4.69, 9.17) is 0 Å². The molecule has 2 rings (SSSR count). The highest BCUT2D eigenvalue weighted by atomic mass is 19.1. The Kier molecular flexibility index (Phi) is 4.61. The molecule has 0 radical (unpaired) electrons. The molecule has 0 bridgehead atoms. The predicted molar refractivity (Wildman–Crippen MR) is 76.0 cm³/mol. The predicted octanol–water partition coefficient (Wildman–Crippen LogP) is 3.75. The van der Waals surface area contributed by atoms with Gasteiger partial charge >= 0.3 is 5.97 Å². The van der Waals surface area contributed by atoms with Crippen LogP contribution in [0.2, 0.25) is 0 Å². The molecule has 1 aromatic rings. The topological polar surface area (TPSA) is 40.5 Å². The molecule has 0 aromatic heterocycles. The minimum Gasteiger partial charge on any atom is -0.480 e. The molecule has 116 valence electrons. The molecule has 2 atom stereocenters.